The molecule has 0 saturated heterocycles. The molecule has 0 aromatic carbocycles. The van der Waals surface area contributed by atoms with Gasteiger partial charge in [-0.1, -0.05) is 0 Å². The van der Waals surface area contributed by atoms with E-state index in [1.54, 1.807) is 0 Å². The van der Waals surface area contributed by atoms with E-state index >= 15 is 0 Å². The molecule has 3 nitrogen and oxygen atoms in total. The van der Waals surface area contributed by atoms with E-state index in [0.717, 1.165) is 21.8 Å². The second-order valence-corrected chi connectivity index (χ2v) is 4.21. The molecule has 0 amide bonds. The third kappa shape index (κ3) is 2.04. The molecule has 0 fully saturated rings. The van der Waals surface area contributed by atoms with Gasteiger partial charge < -0.3 is 9.88 Å². The summed E-state index contributed by atoms with van der Waals surface area (Å²) in [4.78, 5) is 9.64. The summed E-state index contributed by atoms with van der Waals surface area (Å²) in [6.07, 6.45) is 1.90. The van der Waals surface area contributed by atoms with Crippen molar-refractivity contribution < 1.29 is 0 Å². The van der Waals surface area contributed by atoms with Crippen LogP contribution in [0.5, 0.6) is 0 Å². The first kappa shape index (κ1) is 10.2. The van der Waals surface area contributed by atoms with E-state index in [9.17, 15) is 0 Å². The summed E-state index contributed by atoms with van der Waals surface area (Å²) in [5.41, 5.74) is 0.992. The summed E-state index contributed by atoms with van der Waals surface area (Å²) < 4.78 is 1.03. The molecule has 78 valence electrons. The third-order valence-electron chi connectivity index (χ3n) is 2.29. The van der Waals surface area contributed by atoms with E-state index in [2.05, 4.69) is 25.9 Å². The molecule has 2 rings (SSSR count). The molecule has 2 aromatic rings. The number of nitrogens with one attached hydrogen (secondary N) is 1. The van der Waals surface area contributed by atoms with Crippen LogP contribution in [0.1, 0.15) is 5.69 Å². The van der Waals surface area contributed by atoms with Crippen LogP contribution >= 0.6 is 15.9 Å². The Labute approximate surface area is 97.3 Å². The molecular formula is C11H12BrN3. The van der Waals surface area contributed by atoms with E-state index in [0.29, 0.717) is 0 Å². The molecule has 0 spiro atoms. The fourth-order valence-corrected chi connectivity index (χ4v) is 1.59. The lowest BCUT2D eigenvalue weighted by molar-refractivity contribution is 1.06. The number of halogens is 1. The topological polar surface area (TPSA) is 31.9 Å². The standard InChI is InChI=1S/C11H12BrN3/c1-8-9(12)5-6-11(14-8)15(2)10-4-3-7-13-10/h3-7,13H,1-2H3. The van der Waals surface area contributed by atoms with Crippen LogP contribution in [-0.4, -0.2) is 17.0 Å². The van der Waals surface area contributed by atoms with Gasteiger partial charge in [-0.2, -0.15) is 0 Å². The molecule has 0 unspecified atom stereocenters. The average Bonchev–Trinajstić information content (AvgIpc) is 2.74. The lowest BCUT2D eigenvalue weighted by atomic mass is 10.3. The molecule has 1 N–H and O–H groups in total. The Bertz CT molecular complexity index is 451. The Morgan fingerprint density at radius 2 is 2.13 bits per heavy atom. The van der Waals surface area contributed by atoms with Crippen molar-refractivity contribution in [3.05, 3.63) is 40.6 Å². The summed E-state index contributed by atoms with van der Waals surface area (Å²) >= 11 is 3.44. The first-order chi connectivity index (χ1) is 7.18. The first-order valence-corrected chi connectivity index (χ1v) is 5.48. The normalized spacial score (nSPS) is 10.3. The van der Waals surface area contributed by atoms with Gasteiger partial charge >= 0.3 is 0 Å². The molecule has 0 aliphatic heterocycles. The Morgan fingerprint density at radius 1 is 1.33 bits per heavy atom. The largest absolute Gasteiger partial charge is 0.348 e. The fraction of sp³-hybridized carbons (Fsp3) is 0.182. The van der Waals surface area contributed by atoms with Crippen LogP contribution in [0.15, 0.2) is 34.9 Å². The Kier molecular flexibility index (Phi) is 2.77. The lowest BCUT2D eigenvalue weighted by Gasteiger charge is -2.16. The second-order valence-electron chi connectivity index (χ2n) is 3.35. The molecule has 0 aliphatic rings. The van der Waals surface area contributed by atoms with Gasteiger partial charge in [0, 0.05) is 17.7 Å². The smallest absolute Gasteiger partial charge is 0.134 e. The van der Waals surface area contributed by atoms with Gasteiger partial charge in [0.2, 0.25) is 0 Å². The molecule has 15 heavy (non-hydrogen) atoms. The van der Waals surface area contributed by atoms with Crippen LogP contribution in [0, 0.1) is 6.92 Å². The zero-order valence-electron chi connectivity index (χ0n) is 8.66. The van der Waals surface area contributed by atoms with Crippen molar-refractivity contribution in [1.82, 2.24) is 9.97 Å². The third-order valence-corrected chi connectivity index (χ3v) is 3.13. The van der Waals surface area contributed by atoms with E-state index in [1.165, 1.54) is 0 Å². The molecule has 2 heterocycles. The quantitative estimate of drug-likeness (QED) is 0.904. The number of hydrogen-bond acceptors (Lipinski definition) is 2. The van der Waals surface area contributed by atoms with E-state index < -0.39 is 0 Å². The molecular weight excluding hydrogens is 254 g/mol. The van der Waals surface area contributed by atoms with Crippen molar-refractivity contribution in [3.63, 3.8) is 0 Å². The van der Waals surface area contributed by atoms with Crippen molar-refractivity contribution >= 4 is 27.6 Å². The monoisotopic (exact) mass is 265 g/mol. The number of hydrogen-bond donors (Lipinski definition) is 1. The Morgan fingerprint density at radius 3 is 2.73 bits per heavy atom. The number of rotatable bonds is 2. The zero-order valence-corrected chi connectivity index (χ0v) is 10.2. The summed E-state index contributed by atoms with van der Waals surface area (Å²) in [5, 5.41) is 0. The fourth-order valence-electron chi connectivity index (χ4n) is 1.37. The Balaban J connectivity index is 2.34. The first-order valence-electron chi connectivity index (χ1n) is 4.69. The van der Waals surface area contributed by atoms with E-state index in [4.69, 9.17) is 0 Å². The van der Waals surface area contributed by atoms with Gasteiger partial charge in [-0.3, -0.25) is 0 Å². The minimum Gasteiger partial charge on any atom is -0.348 e. The van der Waals surface area contributed by atoms with Gasteiger partial charge in [0.05, 0.1) is 5.69 Å². The van der Waals surface area contributed by atoms with Crippen LogP contribution in [-0.2, 0) is 0 Å². The predicted molar refractivity (Wildman–Crippen MR) is 65.5 cm³/mol. The number of H-pyrrole nitrogens is 1. The highest BCUT2D eigenvalue weighted by Crippen LogP contribution is 2.22. The van der Waals surface area contributed by atoms with Crippen LogP contribution in [0.4, 0.5) is 11.6 Å². The minimum absolute atomic E-state index is 0.929. The van der Waals surface area contributed by atoms with Crippen LogP contribution < -0.4 is 4.90 Å². The highest BCUT2D eigenvalue weighted by Gasteiger charge is 2.06. The molecule has 0 aliphatic carbocycles. The number of aryl methyl sites for hydroxylation is 1. The van der Waals surface area contributed by atoms with Gasteiger partial charge in [0.25, 0.3) is 0 Å². The number of pyridine rings is 1. The maximum absolute atomic E-state index is 4.49. The number of nitrogens with zero attached hydrogens (tertiary/aromatic N) is 2. The molecule has 2 aromatic heterocycles. The number of aromatic amines is 1. The van der Waals surface area contributed by atoms with Gasteiger partial charge in [-0.25, -0.2) is 4.98 Å². The van der Waals surface area contributed by atoms with Crippen LogP contribution in [0.2, 0.25) is 0 Å². The molecule has 4 heteroatoms. The van der Waals surface area contributed by atoms with Crippen molar-refractivity contribution in [3.8, 4) is 0 Å². The van der Waals surface area contributed by atoms with E-state index in [1.807, 2.05) is 49.3 Å². The molecule has 0 atom stereocenters. The summed E-state index contributed by atoms with van der Waals surface area (Å²) in [7, 11) is 1.99. The highest BCUT2D eigenvalue weighted by molar-refractivity contribution is 9.10. The highest BCUT2D eigenvalue weighted by atomic mass is 79.9. The van der Waals surface area contributed by atoms with Crippen LogP contribution in [0.25, 0.3) is 0 Å². The average molecular weight is 266 g/mol. The number of anilines is 2. The lowest BCUT2D eigenvalue weighted by Crippen LogP contribution is -2.11. The summed E-state index contributed by atoms with van der Waals surface area (Å²) in [6, 6.07) is 7.98. The number of aromatic nitrogens is 2. The maximum Gasteiger partial charge on any atom is 0.134 e. The van der Waals surface area contributed by atoms with Gasteiger partial charge in [0.15, 0.2) is 0 Å². The van der Waals surface area contributed by atoms with Crippen molar-refractivity contribution in [2.75, 3.05) is 11.9 Å². The van der Waals surface area contributed by atoms with E-state index in [-0.39, 0.29) is 0 Å². The van der Waals surface area contributed by atoms with Crippen molar-refractivity contribution in [1.29, 1.82) is 0 Å². The molecule has 0 radical (unpaired) electrons. The van der Waals surface area contributed by atoms with Gasteiger partial charge in [-0.05, 0) is 47.1 Å². The van der Waals surface area contributed by atoms with Crippen molar-refractivity contribution in [2.24, 2.45) is 0 Å². The summed E-state index contributed by atoms with van der Waals surface area (Å²) in [5.74, 6) is 1.96. The minimum atomic E-state index is 0.929. The Hall–Kier alpha value is -1.29. The SMILES string of the molecule is Cc1nc(N(C)c2ccc[nH]2)ccc1Br. The zero-order chi connectivity index (χ0) is 10.8. The summed E-state index contributed by atoms with van der Waals surface area (Å²) in [6.45, 7) is 1.98. The second kappa shape index (κ2) is 4.06. The van der Waals surface area contributed by atoms with Gasteiger partial charge in [-0.15, -0.1) is 0 Å². The predicted octanol–water partition coefficient (Wildman–Crippen LogP) is 3.25. The maximum atomic E-state index is 4.49. The van der Waals surface area contributed by atoms with Crippen LogP contribution in [0.3, 0.4) is 0 Å². The van der Waals surface area contributed by atoms with Crippen molar-refractivity contribution in [2.45, 2.75) is 6.92 Å². The molecule has 0 saturated carbocycles. The molecule has 0 bridgehead atoms. The van der Waals surface area contributed by atoms with Gasteiger partial charge in [0.1, 0.15) is 11.6 Å².